The molecule has 3 rings (SSSR count). The van der Waals surface area contributed by atoms with Gasteiger partial charge in [-0.1, -0.05) is 12.8 Å². The number of hydrogen-bond donors (Lipinski definition) is 3. The Morgan fingerprint density at radius 3 is 3.05 bits per heavy atom. The largest absolute Gasteiger partial charge is 0.395 e. The van der Waals surface area contributed by atoms with Gasteiger partial charge in [0.15, 0.2) is 5.01 Å². The Morgan fingerprint density at radius 2 is 2.32 bits per heavy atom. The first-order valence-corrected chi connectivity index (χ1v) is 8.77. The zero-order chi connectivity index (χ0) is 15.7. The van der Waals surface area contributed by atoms with Gasteiger partial charge in [0.2, 0.25) is 5.78 Å². The molecule has 0 radical (unpaired) electrons. The predicted octanol–water partition coefficient (Wildman–Crippen LogP) is 0.275. The Labute approximate surface area is 134 Å². The lowest BCUT2D eigenvalue weighted by Gasteiger charge is -2.36. The van der Waals surface area contributed by atoms with Crippen molar-refractivity contribution < 1.29 is 9.90 Å². The molecule has 122 valence electrons. The van der Waals surface area contributed by atoms with Gasteiger partial charge in [-0.2, -0.15) is 0 Å². The topological polar surface area (TPSA) is 105 Å². The minimum absolute atomic E-state index is 0.0900. The van der Waals surface area contributed by atoms with E-state index < -0.39 is 5.54 Å². The normalized spacial score (nSPS) is 29.3. The number of ketones is 1. The van der Waals surface area contributed by atoms with E-state index >= 15 is 0 Å². The van der Waals surface area contributed by atoms with E-state index in [1.807, 2.05) is 0 Å². The van der Waals surface area contributed by atoms with Gasteiger partial charge >= 0.3 is 0 Å². The summed E-state index contributed by atoms with van der Waals surface area (Å²) in [4.78, 5) is 20.7. The van der Waals surface area contributed by atoms with Gasteiger partial charge < -0.3 is 16.6 Å². The van der Waals surface area contributed by atoms with Crippen LogP contribution in [-0.2, 0) is 13.0 Å². The highest BCUT2D eigenvalue weighted by Crippen LogP contribution is 2.32. The number of carbonyl (C=O) groups is 1. The number of nitrogens with zero attached hydrogens (tertiary/aromatic N) is 2. The molecular formula is C15H24N4O2S. The highest BCUT2D eigenvalue weighted by molar-refractivity contribution is 7.13. The van der Waals surface area contributed by atoms with Crippen LogP contribution in [0.25, 0.3) is 0 Å². The number of hydrogen-bond acceptors (Lipinski definition) is 7. The standard InChI is InChI=1S/C15H24N4O2S/c16-12-3-1-2-5-15(12,17)13(21)14-18-10-4-6-19(7-8-20)9-11(10)22-14/h12,20H,1-9,16-17H2. The second-order valence-electron chi connectivity index (χ2n) is 6.36. The maximum Gasteiger partial charge on any atom is 0.212 e. The molecule has 1 saturated carbocycles. The minimum atomic E-state index is -0.955. The summed E-state index contributed by atoms with van der Waals surface area (Å²) in [6.07, 6.45) is 4.26. The minimum Gasteiger partial charge on any atom is -0.395 e. The third-order valence-electron chi connectivity index (χ3n) is 4.86. The molecule has 0 saturated heterocycles. The van der Waals surface area contributed by atoms with E-state index in [0.29, 0.717) is 18.0 Å². The number of aromatic nitrogens is 1. The van der Waals surface area contributed by atoms with Crippen molar-refractivity contribution >= 4 is 17.1 Å². The number of aliphatic hydroxyl groups excluding tert-OH is 1. The zero-order valence-electron chi connectivity index (χ0n) is 12.8. The van der Waals surface area contributed by atoms with Crippen molar-refractivity contribution in [3.63, 3.8) is 0 Å². The van der Waals surface area contributed by atoms with Crippen LogP contribution in [0, 0.1) is 0 Å². The molecule has 6 nitrogen and oxygen atoms in total. The average molecular weight is 324 g/mol. The van der Waals surface area contributed by atoms with Crippen molar-refractivity contribution in [2.45, 2.75) is 50.2 Å². The van der Waals surface area contributed by atoms with Gasteiger partial charge in [0.05, 0.1) is 17.8 Å². The molecule has 1 aliphatic heterocycles. The fourth-order valence-electron chi connectivity index (χ4n) is 3.38. The van der Waals surface area contributed by atoms with E-state index in [0.717, 1.165) is 49.3 Å². The third kappa shape index (κ3) is 2.83. The van der Waals surface area contributed by atoms with Crippen LogP contribution in [0.5, 0.6) is 0 Å². The summed E-state index contributed by atoms with van der Waals surface area (Å²) in [6.45, 7) is 2.44. The molecule has 1 fully saturated rings. The quantitative estimate of drug-likeness (QED) is 0.687. The molecule has 22 heavy (non-hydrogen) atoms. The van der Waals surface area contributed by atoms with Crippen molar-refractivity contribution in [1.29, 1.82) is 0 Å². The molecule has 2 heterocycles. The number of Topliss-reactive ketones (excluding diaryl/α,β-unsaturated/α-hetero) is 1. The van der Waals surface area contributed by atoms with Crippen LogP contribution in [-0.4, -0.2) is 52.1 Å². The van der Waals surface area contributed by atoms with Crippen LogP contribution < -0.4 is 11.5 Å². The van der Waals surface area contributed by atoms with E-state index in [9.17, 15) is 4.79 Å². The van der Waals surface area contributed by atoms with Crippen LogP contribution in [0.15, 0.2) is 0 Å². The fourth-order valence-corrected chi connectivity index (χ4v) is 4.57. The molecule has 1 aromatic heterocycles. The van der Waals surface area contributed by atoms with Crippen molar-refractivity contribution in [3.8, 4) is 0 Å². The van der Waals surface area contributed by atoms with Gasteiger partial charge in [-0.05, 0) is 12.8 Å². The van der Waals surface area contributed by atoms with Crippen LogP contribution in [0.1, 0.15) is 46.1 Å². The van der Waals surface area contributed by atoms with E-state index in [-0.39, 0.29) is 18.4 Å². The maximum atomic E-state index is 12.8. The Bertz CT molecular complexity index is 562. The summed E-state index contributed by atoms with van der Waals surface area (Å²) < 4.78 is 0. The number of rotatable bonds is 4. The molecule has 0 spiro atoms. The first-order valence-electron chi connectivity index (χ1n) is 7.95. The molecule has 2 unspecified atom stereocenters. The lowest BCUT2D eigenvalue weighted by atomic mass is 9.76. The second kappa shape index (κ2) is 6.33. The van der Waals surface area contributed by atoms with Crippen molar-refractivity contribution in [2.75, 3.05) is 19.7 Å². The number of thiazole rings is 1. The van der Waals surface area contributed by atoms with E-state index in [1.54, 1.807) is 0 Å². The van der Waals surface area contributed by atoms with Crippen molar-refractivity contribution in [3.05, 3.63) is 15.6 Å². The van der Waals surface area contributed by atoms with E-state index in [4.69, 9.17) is 16.6 Å². The van der Waals surface area contributed by atoms with Gasteiger partial charge in [-0.25, -0.2) is 4.98 Å². The fraction of sp³-hybridized carbons (Fsp3) is 0.733. The molecule has 0 aromatic carbocycles. The molecule has 2 aliphatic rings. The summed E-state index contributed by atoms with van der Waals surface area (Å²) in [7, 11) is 0. The number of β-amino-alcohol motifs (C(OH)–C–C–N with tert-alkyl or cyclic N) is 1. The number of nitrogens with two attached hydrogens (primary N) is 2. The van der Waals surface area contributed by atoms with Crippen LogP contribution in [0.4, 0.5) is 0 Å². The summed E-state index contributed by atoms with van der Waals surface area (Å²) in [5.41, 5.74) is 12.5. The van der Waals surface area contributed by atoms with Crippen molar-refractivity contribution in [2.24, 2.45) is 11.5 Å². The van der Waals surface area contributed by atoms with E-state index in [1.165, 1.54) is 11.3 Å². The summed E-state index contributed by atoms with van der Waals surface area (Å²) in [5, 5.41) is 9.56. The first-order chi connectivity index (χ1) is 10.5. The predicted molar refractivity (Wildman–Crippen MR) is 85.9 cm³/mol. The molecular weight excluding hydrogens is 300 g/mol. The molecule has 7 heteroatoms. The molecule has 2 atom stereocenters. The van der Waals surface area contributed by atoms with Crippen LogP contribution in [0.2, 0.25) is 0 Å². The Morgan fingerprint density at radius 1 is 1.50 bits per heavy atom. The summed E-state index contributed by atoms with van der Waals surface area (Å²) >= 11 is 1.45. The van der Waals surface area contributed by atoms with E-state index in [2.05, 4.69) is 9.88 Å². The lowest BCUT2D eigenvalue weighted by molar-refractivity contribution is 0.0822. The highest BCUT2D eigenvalue weighted by atomic mass is 32.1. The lowest BCUT2D eigenvalue weighted by Crippen LogP contribution is -2.62. The average Bonchev–Trinajstić information content (AvgIpc) is 2.93. The molecule has 0 amide bonds. The van der Waals surface area contributed by atoms with Gasteiger partial charge in [-0.15, -0.1) is 11.3 Å². The number of fused-ring (bicyclic) bond motifs is 1. The highest BCUT2D eigenvalue weighted by Gasteiger charge is 2.43. The number of carbonyl (C=O) groups excluding carboxylic acids is 1. The third-order valence-corrected chi connectivity index (χ3v) is 5.94. The van der Waals surface area contributed by atoms with Gasteiger partial charge in [0.1, 0.15) is 0 Å². The molecule has 1 aliphatic carbocycles. The zero-order valence-corrected chi connectivity index (χ0v) is 13.6. The molecule has 5 N–H and O–H groups in total. The monoisotopic (exact) mass is 324 g/mol. The van der Waals surface area contributed by atoms with Gasteiger partial charge in [0.25, 0.3) is 0 Å². The summed E-state index contributed by atoms with van der Waals surface area (Å²) in [6, 6.07) is -0.277. The summed E-state index contributed by atoms with van der Waals surface area (Å²) in [5.74, 6) is -0.0900. The van der Waals surface area contributed by atoms with Crippen molar-refractivity contribution in [1.82, 2.24) is 9.88 Å². The van der Waals surface area contributed by atoms with Gasteiger partial charge in [0, 0.05) is 37.0 Å². The number of aliphatic hydroxyl groups is 1. The Balaban J connectivity index is 1.80. The second-order valence-corrected chi connectivity index (χ2v) is 7.44. The van der Waals surface area contributed by atoms with Crippen LogP contribution in [0.3, 0.4) is 0 Å². The first kappa shape index (κ1) is 16.0. The van der Waals surface area contributed by atoms with Crippen LogP contribution >= 0.6 is 11.3 Å². The Kier molecular flexibility index (Phi) is 4.61. The molecule has 1 aromatic rings. The smallest absolute Gasteiger partial charge is 0.212 e. The molecule has 0 bridgehead atoms. The Hall–Kier alpha value is -0.860. The van der Waals surface area contributed by atoms with Gasteiger partial charge in [-0.3, -0.25) is 9.69 Å². The SMILES string of the molecule is NC1CCCCC1(N)C(=O)c1nc2c(s1)CN(CCO)CC2. The maximum absolute atomic E-state index is 12.8.